The lowest BCUT2D eigenvalue weighted by molar-refractivity contribution is 0.0531. The molecule has 29 heavy (non-hydrogen) atoms. The van der Waals surface area contributed by atoms with E-state index >= 15 is 0 Å². The Morgan fingerprint density at radius 2 is 2.17 bits per heavy atom. The number of anilines is 1. The predicted octanol–water partition coefficient (Wildman–Crippen LogP) is 3.10. The van der Waals surface area contributed by atoms with Crippen LogP contribution in [0.1, 0.15) is 59.0 Å². The van der Waals surface area contributed by atoms with Gasteiger partial charge in [-0.2, -0.15) is 0 Å². The van der Waals surface area contributed by atoms with Gasteiger partial charge in [-0.1, -0.05) is 0 Å². The van der Waals surface area contributed by atoms with Crippen molar-refractivity contribution in [3.05, 3.63) is 28.4 Å². The summed E-state index contributed by atoms with van der Waals surface area (Å²) < 4.78 is 7.53. The van der Waals surface area contributed by atoms with E-state index in [4.69, 9.17) is 4.74 Å². The Hall–Kier alpha value is -2.55. The number of hydrogen-bond donors (Lipinski definition) is 0. The lowest BCUT2D eigenvalue weighted by Crippen LogP contribution is -2.36. The highest BCUT2D eigenvalue weighted by atomic mass is 32.1. The summed E-state index contributed by atoms with van der Waals surface area (Å²) in [7, 11) is 0. The van der Waals surface area contributed by atoms with Crippen molar-refractivity contribution in [3.63, 3.8) is 0 Å². The molecule has 0 aromatic carbocycles. The van der Waals surface area contributed by atoms with Crippen LogP contribution < -0.4 is 4.90 Å². The number of carbonyl (C=O) groups excluding carboxylic acids is 1. The standard InChI is InChI=1S/C20H24N6O2S/c1-3-28-20(27)16-12(2)15-18(21-11-22-19(15)29-16)25-8-4-6-13(10-25)17-24-23-14-7-5-9-26(14)17/h11,13H,3-10H2,1-2H3. The van der Waals surface area contributed by atoms with E-state index in [0.717, 1.165) is 78.6 Å². The highest BCUT2D eigenvalue weighted by Crippen LogP contribution is 2.38. The van der Waals surface area contributed by atoms with Crippen molar-refractivity contribution in [2.75, 3.05) is 24.6 Å². The molecule has 1 fully saturated rings. The fraction of sp³-hybridized carbons (Fsp3) is 0.550. The van der Waals surface area contributed by atoms with E-state index in [0.29, 0.717) is 17.4 Å². The number of fused-ring (bicyclic) bond motifs is 2. The number of aromatic nitrogens is 5. The molecule has 0 bridgehead atoms. The first-order valence-electron chi connectivity index (χ1n) is 10.3. The van der Waals surface area contributed by atoms with Crippen LogP contribution in [0.25, 0.3) is 10.2 Å². The smallest absolute Gasteiger partial charge is 0.348 e. The molecule has 9 heteroatoms. The average Bonchev–Trinajstić information content (AvgIpc) is 3.43. The van der Waals surface area contributed by atoms with Crippen LogP contribution in [0.15, 0.2) is 6.33 Å². The zero-order chi connectivity index (χ0) is 20.0. The van der Waals surface area contributed by atoms with Crippen LogP contribution in [0.5, 0.6) is 0 Å². The minimum atomic E-state index is -0.283. The molecule has 0 amide bonds. The van der Waals surface area contributed by atoms with E-state index in [-0.39, 0.29) is 5.97 Å². The minimum Gasteiger partial charge on any atom is -0.462 e. The van der Waals surface area contributed by atoms with Gasteiger partial charge in [-0.15, -0.1) is 21.5 Å². The van der Waals surface area contributed by atoms with Crippen LogP contribution in [0, 0.1) is 6.92 Å². The van der Waals surface area contributed by atoms with Gasteiger partial charge in [-0.05, 0) is 38.7 Å². The summed E-state index contributed by atoms with van der Waals surface area (Å²) in [6.45, 7) is 6.97. The van der Waals surface area contributed by atoms with Gasteiger partial charge in [0.05, 0.1) is 12.0 Å². The molecule has 8 nitrogen and oxygen atoms in total. The van der Waals surface area contributed by atoms with Gasteiger partial charge in [0.25, 0.3) is 0 Å². The molecule has 0 saturated carbocycles. The minimum absolute atomic E-state index is 0.283. The summed E-state index contributed by atoms with van der Waals surface area (Å²) in [4.78, 5) is 25.2. The quantitative estimate of drug-likeness (QED) is 0.609. The fourth-order valence-electron chi connectivity index (χ4n) is 4.54. The molecule has 5 rings (SSSR count). The molecule has 0 radical (unpaired) electrons. The molecule has 2 aliphatic rings. The molecule has 1 unspecified atom stereocenters. The third-order valence-corrected chi connectivity index (χ3v) is 7.07. The van der Waals surface area contributed by atoms with Crippen LogP contribution in [0.4, 0.5) is 5.82 Å². The van der Waals surface area contributed by atoms with Crippen molar-refractivity contribution in [3.8, 4) is 0 Å². The van der Waals surface area contributed by atoms with Gasteiger partial charge < -0.3 is 14.2 Å². The largest absolute Gasteiger partial charge is 0.462 e. The molecule has 3 aromatic rings. The Morgan fingerprint density at radius 1 is 1.28 bits per heavy atom. The second-order valence-electron chi connectivity index (χ2n) is 7.67. The topological polar surface area (TPSA) is 86.0 Å². The molecule has 0 spiro atoms. The van der Waals surface area contributed by atoms with Gasteiger partial charge in [0.15, 0.2) is 0 Å². The van der Waals surface area contributed by atoms with E-state index in [2.05, 4.69) is 29.6 Å². The van der Waals surface area contributed by atoms with E-state index in [9.17, 15) is 4.79 Å². The number of rotatable bonds is 4. The lowest BCUT2D eigenvalue weighted by atomic mass is 9.96. The number of hydrogen-bond acceptors (Lipinski definition) is 8. The summed E-state index contributed by atoms with van der Waals surface area (Å²) in [6.07, 6.45) is 5.97. The van der Waals surface area contributed by atoms with Crippen LogP contribution in [-0.4, -0.2) is 50.4 Å². The van der Waals surface area contributed by atoms with Crippen LogP contribution >= 0.6 is 11.3 Å². The Bertz CT molecular complexity index is 1070. The maximum atomic E-state index is 12.3. The second-order valence-corrected chi connectivity index (χ2v) is 8.67. The Morgan fingerprint density at radius 3 is 3.03 bits per heavy atom. The Kier molecular flexibility index (Phi) is 4.69. The van der Waals surface area contributed by atoms with Gasteiger partial charge in [-0.3, -0.25) is 0 Å². The van der Waals surface area contributed by atoms with Gasteiger partial charge in [0.1, 0.15) is 33.5 Å². The van der Waals surface area contributed by atoms with E-state index in [1.54, 1.807) is 6.33 Å². The van der Waals surface area contributed by atoms with Crippen LogP contribution in [0.3, 0.4) is 0 Å². The average molecular weight is 413 g/mol. The van der Waals surface area contributed by atoms with Crippen molar-refractivity contribution >= 4 is 33.3 Å². The summed E-state index contributed by atoms with van der Waals surface area (Å²) in [5, 5.41) is 9.87. The number of carbonyl (C=O) groups is 1. The highest BCUT2D eigenvalue weighted by Gasteiger charge is 2.30. The molecule has 1 saturated heterocycles. The first-order chi connectivity index (χ1) is 14.2. The van der Waals surface area contributed by atoms with Crippen molar-refractivity contribution in [2.45, 2.75) is 52.0 Å². The molecule has 2 aliphatic heterocycles. The first-order valence-corrected chi connectivity index (χ1v) is 11.1. The van der Waals surface area contributed by atoms with Crippen LogP contribution in [-0.2, 0) is 17.7 Å². The van der Waals surface area contributed by atoms with Gasteiger partial charge >= 0.3 is 5.97 Å². The SMILES string of the molecule is CCOC(=O)c1sc2ncnc(N3CCCC(c4nnc5n4CCC5)C3)c2c1C. The maximum Gasteiger partial charge on any atom is 0.348 e. The van der Waals surface area contributed by atoms with E-state index in [1.165, 1.54) is 11.3 Å². The summed E-state index contributed by atoms with van der Waals surface area (Å²) in [5.74, 6) is 3.20. The molecular weight excluding hydrogens is 388 g/mol. The Labute approximate surface area is 172 Å². The summed E-state index contributed by atoms with van der Waals surface area (Å²) >= 11 is 1.39. The number of ether oxygens (including phenoxy) is 1. The normalized spacial score (nSPS) is 19.0. The predicted molar refractivity (Wildman–Crippen MR) is 111 cm³/mol. The number of thiophene rings is 1. The molecule has 152 valence electrons. The second kappa shape index (κ2) is 7.37. The van der Waals surface area contributed by atoms with Crippen LogP contribution in [0.2, 0.25) is 0 Å². The Balaban J connectivity index is 1.49. The first kappa shape index (κ1) is 18.5. The monoisotopic (exact) mass is 412 g/mol. The molecule has 1 atom stereocenters. The number of nitrogens with zero attached hydrogens (tertiary/aromatic N) is 6. The molecule has 0 aliphatic carbocycles. The molecule has 5 heterocycles. The molecular formula is C20H24N6O2S. The maximum absolute atomic E-state index is 12.3. The number of piperidine rings is 1. The molecule has 3 aromatic heterocycles. The summed E-state index contributed by atoms with van der Waals surface area (Å²) in [5.41, 5.74) is 0.907. The fourth-order valence-corrected chi connectivity index (χ4v) is 5.58. The lowest BCUT2D eigenvalue weighted by Gasteiger charge is -2.33. The highest BCUT2D eigenvalue weighted by molar-refractivity contribution is 7.20. The third-order valence-electron chi connectivity index (χ3n) is 5.89. The van der Waals surface area contributed by atoms with Gasteiger partial charge in [-0.25, -0.2) is 14.8 Å². The van der Waals surface area contributed by atoms with Gasteiger partial charge in [0, 0.05) is 32.0 Å². The van der Waals surface area contributed by atoms with Crippen molar-refractivity contribution in [1.82, 2.24) is 24.7 Å². The van der Waals surface area contributed by atoms with Gasteiger partial charge in [0.2, 0.25) is 0 Å². The zero-order valence-electron chi connectivity index (χ0n) is 16.7. The number of esters is 1. The molecule has 0 N–H and O–H groups in total. The number of aryl methyl sites for hydroxylation is 2. The van der Waals surface area contributed by atoms with E-state index < -0.39 is 0 Å². The van der Waals surface area contributed by atoms with Crippen molar-refractivity contribution < 1.29 is 9.53 Å². The summed E-state index contributed by atoms with van der Waals surface area (Å²) in [6, 6.07) is 0. The third kappa shape index (κ3) is 3.08. The van der Waals surface area contributed by atoms with Crippen molar-refractivity contribution in [2.24, 2.45) is 0 Å². The van der Waals surface area contributed by atoms with Crippen molar-refractivity contribution in [1.29, 1.82) is 0 Å². The van der Waals surface area contributed by atoms with E-state index in [1.807, 2.05) is 13.8 Å². The zero-order valence-corrected chi connectivity index (χ0v) is 17.5.